The number of carboxylic acid groups (broad SMARTS) is 1. The monoisotopic (exact) mass is 203 g/mol. The lowest BCUT2D eigenvalue weighted by Gasteiger charge is -2.06. The number of aromatic nitrogens is 1. The predicted octanol–water partition coefficient (Wildman–Crippen LogP) is 1.94. The van der Waals surface area contributed by atoms with Crippen molar-refractivity contribution >= 4 is 16.9 Å². The van der Waals surface area contributed by atoms with E-state index in [1.165, 1.54) is 19.4 Å². The Hall–Kier alpha value is -2.10. The zero-order chi connectivity index (χ0) is 10.8. The van der Waals surface area contributed by atoms with Gasteiger partial charge in [0.25, 0.3) is 0 Å². The first-order valence-electron chi connectivity index (χ1n) is 4.39. The summed E-state index contributed by atoms with van der Waals surface area (Å²) in [6.45, 7) is 0. The number of benzene rings is 1. The second kappa shape index (κ2) is 3.57. The third kappa shape index (κ3) is 1.50. The van der Waals surface area contributed by atoms with Crippen LogP contribution in [-0.4, -0.2) is 23.2 Å². The van der Waals surface area contributed by atoms with E-state index in [1.54, 1.807) is 18.2 Å². The van der Waals surface area contributed by atoms with Gasteiger partial charge < -0.3 is 9.84 Å². The van der Waals surface area contributed by atoms with E-state index in [2.05, 4.69) is 4.98 Å². The van der Waals surface area contributed by atoms with Crippen LogP contribution in [0.2, 0.25) is 0 Å². The van der Waals surface area contributed by atoms with Crippen LogP contribution in [0.4, 0.5) is 0 Å². The van der Waals surface area contributed by atoms with Crippen LogP contribution in [0.5, 0.6) is 5.75 Å². The summed E-state index contributed by atoms with van der Waals surface area (Å²) in [6.07, 6.45) is 1.48. The largest absolute Gasteiger partial charge is 0.496 e. The van der Waals surface area contributed by atoms with Gasteiger partial charge in [-0.1, -0.05) is 6.07 Å². The first kappa shape index (κ1) is 9.45. The smallest absolute Gasteiger partial charge is 0.336 e. The van der Waals surface area contributed by atoms with E-state index < -0.39 is 5.97 Å². The van der Waals surface area contributed by atoms with Crippen molar-refractivity contribution in [1.29, 1.82) is 0 Å². The van der Waals surface area contributed by atoms with Crippen molar-refractivity contribution in [2.24, 2.45) is 0 Å². The second-order valence-corrected chi connectivity index (χ2v) is 3.02. The topological polar surface area (TPSA) is 59.4 Å². The Morgan fingerprint density at radius 3 is 2.87 bits per heavy atom. The Kier molecular flexibility index (Phi) is 2.25. The van der Waals surface area contributed by atoms with Crippen LogP contribution in [0.1, 0.15) is 10.4 Å². The molecule has 1 aromatic heterocycles. The third-order valence-electron chi connectivity index (χ3n) is 2.18. The molecular formula is C11H9NO3. The molecule has 0 unspecified atom stereocenters. The summed E-state index contributed by atoms with van der Waals surface area (Å²) >= 11 is 0. The highest BCUT2D eigenvalue weighted by molar-refractivity contribution is 6.04. The van der Waals surface area contributed by atoms with Crippen molar-refractivity contribution in [1.82, 2.24) is 4.98 Å². The van der Waals surface area contributed by atoms with E-state index in [4.69, 9.17) is 9.84 Å². The molecule has 0 radical (unpaired) electrons. The van der Waals surface area contributed by atoms with Gasteiger partial charge in [0, 0.05) is 6.20 Å². The number of hydrogen-bond donors (Lipinski definition) is 1. The van der Waals surface area contributed by atoms with Gasteiger partial charge in [-0.05, 0) is 18.2 Å². The number of fused-ring (bicyclic) bond motifs is 1. The summed E-state index contributed by atoms with van der Waals surface area (Å²) < 4.78 is 5.11. The summed E-state index contributed by atoms with van der Waals surface area (Å²) in [5.74, 6) is -0.454. The molecule has 0 aliphatic heterocycles. The maximum Gasteiger partial charge on any atom is 0.336 e. The maximum atomic E-state index is 11.0. The third-order valence-corrected chi connectivity index (χ3v) is 2.18. The minimum Gasteiger partial charge on any atom is -0.496 e. The minimum atomic E-state index is -0.980. The molecule has 0 saturated heterocycles. The van der Waals surface area contributed by atoms with E-state index in [0.717, 1.165) is 0 Å². The van der Waals surface area contributed by atoms with Gasteiger partial charge in [0.1, 0.15) is 5.75 Å². The Bertz CT molecular complexity index is 517. The molecule has 1 heterocycles. The number of hydrogen-bond acceptors (Lipinski definition) is 3. The zero-order valence-electron chi connectivity index (χ0n) is 8.10. The molecule has 0 fully saturated rings. The first-order valence-corrected chi connectivity index (χ1v) is 4.39. The molecule has 15 heavy (non-hydrogen) atoms. The molecule has 0 bridgehead atoms. The lowest BCUT2D eigenvalue weighted by atomic mass is 10.1. The van der Waals surface area contributed by atoms with Crippen molar-refractivity contribution in [3.63, 3.8) is 0 Å². The number of aromatic carboxylic acids is 1. The predicted molar refractivity (Wildman–Crippen MR) is 55.3 cm³/mol. The van der Waals surface area contributed by atoms with Crippen LogP contribution < -0.4 is 4.74 Å². The molecule has 0 atom stereocenters. The second-order valence-electron chi connectivity index (χ2n) is 3.02. The highest BCUT2D eigenvalue weighted by Gasteiger charge is 2.12. The van der Waals surface area contributed by atoms with Crippen molar-refractivity contribution in [2.75, 3.05) is 7.11 Å². The van der Waals surface area contributed by atoms with E-state index in [9.17, 15) is 4.79 Å². The van der Waals surface area contributed by atoms with E-state index in [1.807, 2.05) is 0 Å². The van der Waals surface area contributed by atoms with Gasteiger partial charge in [-0.25, -0.2) is 4.79 Å². The maximum absolute atomic E-state index is 11.0. The van der Waals surface area contributed by atoms with Crippen LogP contribution in [0.25, 0.3) is 10.9 Å². The fraction of sp³-hybridized carbons (Fsp3) is 0.0909. The molecule has 0 amide bonds. The van der Waals surface area contributed by atoms with Crippen molar-refractivity contribution < 1.29 is 14.6 Å². The lowest BCUT2D eigenvalue weighted by Crippen LogP contribution is -1.99. The summed E-state index contributed by atoms with van der Waals surface area (Å²) in [5, 5.41) is 9.56. The molecular weight excluding hydrogens is 194 g/mol. The molecule has 2 aromatic rings. The van der Waals surface area contributed by atoms with Gasteiger partial charge in [-0.2, -0.15) is 0 Å². The Labute approximate surface area is 86.1 Å². The number of rotatable bonds is 2. The van der Waals surface area contributed by atoms with Crippen molar-refractivity contribution in [2.45, 2.75) is 0 Å². The van der Waals surface area contributed by atoms with Crippen LogP contribution in [0.3, 0.4) is 0 Å². The van der Waals surface area contributed by atoms with E-state index in [0.29, 0.717) is 16.7 Å². The summed E-state index contributed by atoms with van der Waals surface area (Å²) in [6, 6.07) is 6.72. The fourth-order valence-corrected chi connectivity index (χ4v) is 1.52. The van der Waals surface area contributed by atoms with Crippen LogP contribution >= 0.6 is 0 Å². The summed E-state index contributed by atoms with van der Waals surface area (Å²) in [5.41, 5.74) is 0.826. The SMILES string of the molecule is COc1cccc2nccc(C(=O)O)c12. The average molecular weight is 203 g/mol. The molecule has 4 nitrogen and oxygen atoms in total. The molecule has 0 saturated carbocycles. The van der Waals surface area contributed by atoms with Gasteiger partial charge in [-0.3, -0.25) is 4.98 Å². The molecule has 0 aliphatic carbocycles. The number of methoxy groups -OCH3 is 1. The average Bonchev–Trinajstić information content (AvgIpc) is 2.27. The van der Waals surface area contributed by atoms with Gasteiger partial charge >= 0.3 is 5.97 Å². The lowest BCUT2D eigenvalue weighted by molar-refractivity contribution is 0.0698. The summed E-state index contributed by atoms with van der Waals surface area (Å²) in [7, 11) is 1.51. The minimum absolute atomic E-state index is 0.206. The molecule has 4 heteroatoms. The Morgan fingerprint density at radius 2 is 2.20 bits per heavy atom. The number of carboxylic acids is 1. The molecule has 1 N–H and O–H groups in total. The Morgan fingerprint density at radius 1 is 1.40 bits per heavy atom. The molecule has 2 rings (SSSR count). The molecule has 0 aliphatic rings. The molecule has 1 aromatic carbocycles. The van der Waals surface area contributed by atoms with E-state index in [-0.39, 0.29) is 5.56 Å². The Balaban J connectivity index is 2.87. The zero-order valence-corrected chi connectivity index (χ0v) is 8.10. The van der Waals surface area contributed by atoms with Gasteiger partial charge in [0.2, 0.25) is 0 Å². The number of carbonyl (C=O) groups is 1. The van der Waals surface area contributed by atoms with Gasteiger partial charge in [0.05, 0.1) is 23.6 Å². The number of ether oxygens (including phenoxy) is 1. The fourth-order valence-electron chi connectivity index (χ4n) is 1.52. The van der Waals surface area contributed by atoms with Gasteiger partial charge in [0.15, 0.2) is 0 Å². The summed E-state index contributed by atoms with van der Waals surface area (Å²) in [4.78, 5) is 15.1. The van der Waals surface area contributed by atoms with Gasteiger partial charge in [-0.15, -0.1) is 0 Å². The van der Waals surface area contributed by atoms with Crippen LogP contribution in [0.15, 0.2) is 30.5 Å². The normalized spacial score (nSPS) is 10.2. The van der Waals surface area contributed by atoms with Crippen LogP contribution in [0, 0.1) is 0 Å². The first-order chi connectivity index (χ1) is 7.24. The molecule has 76 valence electrons. The van der Waals surface area contributed by atoms with E-state index >= 15 is 0 Å². The standard InChI is InChI=1S/C11H9NO3/c1-15-9-4-2-3-8-10(9)7(11(13)14)5-6-12-8/h2-6H,1H3,(H,13,14). The van der Waals surface area contributed by atoms with Crippen molar-refractivity contribution in [3.05, 3.63) is 36.0 Å². The number of nitrogens with zero attached hydrogens (tertiary/aromatic N) is 1. The van der Waals surface area contributed by atoms with Crippen molar-refractivity contribution in [3.8, 4) is 5.75 Å². The molecule has 0 spiro atoms. The number of pyridine rings is 1. The highest BCUT2D eigenvalue weighted by Crippen LogP contribution is 2.27. The quantitative estimate of drug-likeness (QED) is 0.810. The highest BCUT2D eigenvalue weighted by atomic mass is 16.5. The van der Waals surface area contributed by atoms with Crippen LogP contribution in [-0.2, 0) is 0 Å².